The van der Waals surface area contributed by atoms with Gasteiger partial charge in [-0.2, -0.15) is 0 Å². The predicted octanol–water partition coefficient (Wildman–Crippen LogP) is 23.9. The smallest absolute Gasteiger partial charge is 0.306 e. The molecule has 0 aliphatic carbocycles. The van der Waals surface area contributed by atoms with Gasteiger partial charge < -0.3 is 14.2 Å². The lowest BCUT2D eigenvalue weighted by atomic mass is 10.0. The van der Waals surface area contributed by atoms with Crippen molar-refractivity contribution in [1.82, 2.24) is 0 Å². The summed E-state index contributed by atoms with van der Waals surface area (Å²) in [5.41, 5.74) is 0. The summed E-state index contributed by atoms with van der Waals surface area (Å²) in [6.45, 7) is 6.48. The van der Waals surface area contributed by atoms with Gasteiger partial charge in [0.1, 0.15) is 13.2 Å². The first-order valence-electron chi connectivity index (χ1n) is 34.5. The molecule has 1 atom stereocenters. The fourth-order valence-corrected chi connectivity index (χ4v) is 9.55. The number of hydrogen-bond acceptors (Lipinski definition) is 6. The Bertz CT molecular complexity index is 1690. The van der Waals surface area contributed by atoms with Crippen LogP contribution in [-0.4, -0.2) is 37.2 Å². The molecule has 0 saturated carbocycles. The van der Waals surface area contributed by atoms with Crippen LogP contribution in [0.15, 0.2) is 122 Å². The number of carbonyl (C=O) groups is 3. The Balaban J connectivity index is 4.18. The fourth-order valence-electron chi connectivity index (χ4n) is 9.55. The number of rotatable bonds is 62. The van der Waals surface area contributed by atoms with Crippen molar-refractivity contribution >= 4 is 17.9 Å². The summed E-state index contributed by atoms with van der Waals surface area (Å²) in [7, 11) is 0. The van der Waals surface area contributed by atoms with Crippen molar-refractivity contribution in [1.29, 1.82) is 0 Å². The Hall–Kier alpha value is -4.19. The van der Waals surface area contributed by atoms with Crippen molar-refractivity contribution < 1.29 is 28.6 Å². The zero-order valence-corrected chi connectivity index (χ0v) is 53.7. The highest BCUT2D eigenvalue weighted by atomic mass is 16.6. The Morgan fingerprint density at radius 1 is 0.256 bits per heavy atom. The van der Waals surface area contributed by atoms with Crippen molar-refractivity contribution in [3.05, 3.63) is 122 Å². The van der Waals surface area contributed by atoms with E-state index < -0.39 is 6.10 Å². The van der Waals surface area contributed by atoms with Crippen LogP contribution >= 0.6 is 0 Å². The van der Waals surface area contributed by atoms with E-state index in [9.17, 15) is 14.4 Å². The van der Waals surface area contributed by atoms with E-state index in [-0.39, 0.29) is 37.5 Å². The van der Waals surface area contributed by atoms with Crippen molar-refractivity contribution in [3.63, 3.8) is 0 Å². The fraction of sp³-hybridized carbons (Fsp3) is 0.697. The van der Waals surface area contributed by atoms with Crippen LogP contribution in [0.5, 0.6) is 0 Å². The molecular weight excluding hydrogens is 1010 g/mol. The van der Waals surface area contributed by atoms with Gasteiger partial charge >= 0.3 is 17.9 Å². The molecule has 0 aromatic heterocycles. The van der Waals surface area contributed by atoms with Gasteiger partial charge in [0.15, 0.2) is 6.10 Å². The topological polar surface area (TPSA) is 78.9 Å². The number of carbonyl (C=O) groups excluding carboxylic acids is 3. The van der Waals surface area contributed by atoms with E-state index in [2.05, 4.69) is 142 Å². The molecule has 0 aliphatic heterocycles. The summed E-state index contributed by atoms with van der Waals surface area (Å²) in [6.07, 6.45) is 96.7. The van der Waals surface area contributed by atoms with E-state index in [1.54, 1.807) is 0 Å². The van der Waals surface area contributed by atoms with Crippen LogP contribution in [0.3, 0.4) is 0 Å². The van der Waals surface area contributed by atoms with E-state index in [0.717, 1.165) is 122 Å². The third kappa shape index (κ3) is 66.6. The molecule has 0 fully saturated rings. The molecule has 0 rings (SSSR count). The van der Waals surface area contributed by atoms with E-state index in [4.69, 9.17) is 14.2 Å². The normalized spacial score (nSPS) is 12.9. The van der Waals surface area contributed by atoms with Crippen molar-refractivity contribution in [2.24, 2.45) is 0 Å². The van der Waals surface area contributed by atoms with Gasteiger partial charge in [0.25, 0.3) is 0 Å². The second-order valence-corrected chi connectivity index (χ2v) is 22.7. The number of hydrogen-bond donors (Lipinski definition) is 0. The number of ether oxygens (including phenoxy) is 3. The van der Waals surface area contributed by atoms with E-state index >= 15 is 0 Å². The highest BCUT2D eigenvalue weighted by Gasteiger charge is 2.19. The van der Waals surface area contributed by atoms with Crippen LogP contribution in [0.2, 0.25) is 0 Å². The standard InChI is InChI=1S/C76H128O6/c1-4-7-10-13-16-19-21-23-25-27-29-31-33-35-36-37-38-39-40-42-43-45-47-49-51-53-55-57-60-63-66-69-75(78)81-72-73(71-80-74(77)68-65-62-59-18-15-12-9-6-3)82-76(79)70-67-64-61-58-56-54-52-50-48-46-44-41-34-32-30-28-26-24-22-20-17-14-11-8-5-2/h8,11,17,20-21,23-24,26-27,29-30,32-33,35,41,44,48,50,54,56,73H,4-7,9-10,12-16,18-19,22,25,28,31,34,36-40,42-43,45-47,49,51-53,55,57-72H2,1-3H3/b11-8-,20-17-,23-21-,26-24-,29-27-,32-30-,35-33-,44-41-,50-48-,56-54-. The van der Waals surface area contributed by atoms with Crippen molar-refractivity contribution in [2.45, 2.75) is 329 Å². The molecule has 1 unspecified atom stereocenters. The molecule has 0 N–H and O–H groups in total. The predicted molar refractivity (Wildman–Crippen MR) is 357 cm³/mol. The van der Waals surface area contributed by atoms with Crippen LogP contribution < -0.4 is 0 Å². The molecule has 0 aromatic rings. The van der Waals surface area contributed by atoms with Crippen LogP contribution in [0.25, 0.3) is 0 Å². The number of allylic oxidation sites excluding steroid dienone is 20. The number of unbranched alkanes of at least 4 members (excludes halogenated alkanes) is 31. The molecule has 468 valence electrons. The van der Waals surface area contributed by atoms with Crippen LogP contribution in [0.4, 0.5) is 0 Å². The molecule has 0 bridgehead atoms. The Labute approximate surface area is 507 Å². The van der Waals surface area contributed by atoms with Crippen molar-refractivity contribution in [2.75, 3.05) is 13.2 Å². The average molecular weight is 1140 g/mol. The summed E-state index contributed by atoms with van der Waals surface area (Å²) in [5, 5.41) is 0. The summed E-state index contributed by atoms with van der Waals surface area (Å²) < 4.78 is 16.9. The molecule has 0 aliphatic rings. The van der Waals surface area contributed by atoms with Crippen LogP contribution in [0, 0.1) is 0 Å². The summed E-state index contributed by atoms with van der Waals surface area (Å²) in [6, 6.07) is 0. The largest absolute Gasteiger partial charge is 0.462 e. The van der Waals surface area contributed by atoms with Gasteiger partial charge in [-0.3, -0.25) is 14.4 Å². The van der Waals surface area contributed by atoms with Gasteiger partial charge in [0.2, 0.25) is 0 Å². The Kier molecular flexibility index (Phi) is 65.8. The van der Waals surface area contributed by atoms with Gasteiger partial charge in [0, 0.05) is 19.3 Å². The highest BCUT2D eigenvalue weighted by molar-refractivity contribution is 5.71. The van der Waals surface area contributed by atoms with Gasteiger partial charge in [-0.05, 0) is 116 Å². The minimum atomic E-state index is -0.797. The maximum atomic E-state index is 12.9. The maximum absolute atomic E-state index is 12.9. The zero-order valence-electron chi connectivity index (χ0n) is 53.7. The third-order valence-electron chi connectivity index (χ3n) is 14.7. The van der Waals surface area contributed by atoms with E-state index in [0.29, 0.717) is 12.8 Å². The van der Waals surface area contributed by atoms with Crippen LogP contribution in [0.1, 0.15) is 323 Å². The average Bonchev–Trinajstić information content (AvgIpc) is 3.48. The molecule has 6 heteroatoms. The molecular formula is C76H128O6. The second kappa shape index (κ2) is 69.3. The second-order valence-electron chi connectivity index (χ2n) is 22.7. The maximum Gasteiger partial charge on any atom is 0.306 e. The molecule has 0 amide bonds. The van der Waals surface area contributed by atoms with Crippen molar-refractivity contribution in [3.8, 4) is 0 Å². The molecule has 6 nitrogen and oxygen atoms in total. The minimum Gasteiger partial charge on any atom is -0.462 e. The van der Waals surface area contributed by atoms with Gasteiger partial charge in [-0.1, -0.05) is 309 Å². The SMILES string of the molecule is CC/C=C\C/C=C\C/C=C\C/C=C\C/C=C\C/C=C\C/C=C\CCCCCC(=O)OC(COC(=O)CCCCCCCCCC)COC(=O)CCCCCCCCCCCCCCCCCC/C=C\C/C=C\C/C=C\CCCCCCC. The van der Waals surface area contributed by atoms with Crippen LogP contribution in [-0.2, 0) is 28.6 Å². The molecule has 82 heavy (non-hydrogen) atoms. The Morgan fingerprint density at radius 2 is 0.476 bits per heavy atom. The summed E-state index contributed by atoms with van der Waals surface area (Å²) in [4.78, 5) is 38.2. The monoisotopic (exact) mass is 1140 g/mol. The summed E-state index contributed by atoms with van der Waals surface area (Å²) in [5.74, 6) is -0.922. The first-order valence-corrected chi connectivity index (χ1v) is 34.5. The van der Waals surface area contributed by atoms with E-state index in [1.807, 2.05) is 0 Å². The highest BCUT2D eigenvalue weighted by Crippen LogP contribution is 2.16. The van der Waals surface area contributed by atoms with Gasteiger partial charge in [-0.15, -0.1) is 0 Å². The quantitative estimate of drug-likeness (QED) is 0.0261. The van der Waals surface area contributed by atoms with E-state index in [1.165, 1.54) is 161 Å². The molecule has 0 saturated heterocycles. The third-order valence-corrected chi connectivity index (χ3v) is 14.7. The lowest BCUT2D eigenvalue weighted by Crippen LogP contribution is -2.30. The lowest BCUT2D eigenvalue weighted by molar-refractivity contribution is -0.167. The molecule has 0 aromatic carbocycles. The first-order chi connectivity index (χ1) is 40.5. The zero-order chi connectivity index (χ0) is 59.2. The summed E-state index contributed by atoms with van der Waals surface area (Å²) >= 11 is 0. The molecule has 0 spiro atoms. The number of esters is 3. The Morgan fingerprint density at radius 3 is 0.756 bits per heavy atom. The van der Waals surface area contributed by atoms with Gasteiger partial charge in [-0.25, -0.2) is 0 Å². The van der Waals surface area contributed by atoms with Gasteiger partial charge in [0.05, 0.1) is 0 Å². The minimum absolute atomic E-state index is 0.0913. The molecule has 0 heterocycles. The molecule has 0 radical (unpaired) electrons. The first kappa shape index (κ1) is 77.8. The lowest BCUT2D eigenvalue weighted by Gasteiger charge is -2.18.